The second-order valence-corrected chi connectivity index (χ2v) is 5.70. The Morgan fingerprint density at radius 3 is 2.45 bits per heavy atom. The summed E-state index contributed by atoms with van der Waals surface area (Å²) >= 11 is 0. The molecular weight excluding hydrogens is 256 g/mol. The van der Waals surface area contributed by atoms with Crippen LogP contribution in [0.3, 0.4) is 0 Å². The van der Waals surface area contributed by atoms with E-state index >= 15 is 0 Å². The topological polar surface area (TPSA) is 83.6 Å². The molecule has 0 unspecified atom stereocenters. The summed E-state index contributed by atoms with van der Waals surface area (Å²) in [7, 11) is 0. The minimum Gasteiger partial charge on any atom is -0.480 e. The zero-order valence-electron chi connectivity index (χ0n) is 11.2. The van der Waals surface area contributed by atoms with E-state index in [4.69, 9.17) is 5.73 Å². The van der Waals surface area contributed by atoms with E-state index in [1.807, 2.05) is 12.1 Å². The molecule has 1 atom stereocenters. The van der Waals surface area contributed by atoms with Gasteiger partial charge in [0.1, 0.15) is 6.04 Å². The Morgan fingerprint density at radius 2 is 1.90 bits per heavy atom. The molecule has 1 amide bonds. The number of nitrogens with two attached hydrogens (primary N) is 1. The number of carbonyl (C=O) groups is 2. The van der Waals surface area contributed by atoms with Gasteiger partial charge < -0.3 is 15.7 Å². The van der Waals surface area contributed by atoms with E-state index in [2.05, 4.69) is 0 Å². The van der Waals surface area contributed by atoms with Crippen molar-refractivity contribution in [3.05, 3.63) is 29.8 Å². The standard InChI is InChI=1S/C15H18N2O3/c16-11-5-3-10(4-6-11)15(7-8-15)14(20)17-9-1-2-12(17)13(18)19/h3-6,12H,1-2,7-9,16H2,(H,18,19)/t12-/m1/s1. The molecule has 106 valence electrons. The first-order valence-corrected chi connectivity index (χ1v) is 6.94. The number of carboxylic acid groups (broad SMARTS) is 1. The van der Waals surface area contributed by atoms with Crippen molar-refractivity contribution in [2.24, 2.45) is 0 Å². The lowest BCUT2D eigenvalue weighted by Crippen LogP contribution is -2.45. The Labute approximate surface area is 117 Å². The van der Waals surface area contributed by atoms with Crippen molar-refractivity contribution in [2.45, 2.75) is 37.1 Å². The average molecular weight is 274 g/mol. The summed E-state index contributed by atoms with van der Waals surface area (Å²) in [4.78, 5) is 25.5. The van der Waals surface area contributed by atoms with Crippen LogP contribution in [0.15, 0.2) is 24.3 Å². The van der Waals surface area contributed by atoms with Crippen LogP contribution in [0.5, 0.6) is 0 Å². The maximum absolute atomic E-state index is 12.8. The minimum atomic E-state index is -0.899. The van der Waals surface area contributed by atoms with Gasteiger partial charge in [0.25, 0.3) is 0 Å². The highest BCUT2D eigenvalue weighted by molar-refractivity contribution is 5.94. The van der Waals surface area contributed by atoms with E-state index in [1.165, 1.54) is 0 Å². The summed E-state index contributed by atoms with van der Waals surface area (Å²) in [5, 5.41) is 9.22. The number of anilines is 1. The molecule has 1 aliphatic heterocycles. The van der Waals surface area contributed by atoms with Gasteiger partial charge >= 0.3 is 5.97 Å². The minimum absolute atomic E-state index is 0.0350. The van der Waals surface area contributed by atoms with Crippen molar-refractivity contribution in [3.8, 4) is 0 Å². The Bertz CT molecular complexity index is 549. The molecule has 20 heavy (non-hydrogen) atoms. The number of aliphatic carboxylic acids is 1. The normalized spacial score (nSPS) is 23.6. The Hall–Kier alpha value is -2.04. The van der Waals surface area contributed by atoms with E-state index in [1.54, 1.807) is 17.0 Å². The fourth-order valence-corrected chi connectivity index (χ4v) is 3.09. The van der Waals surface area contributed by atoms with Crippen molar-refractivity contribution in [1.29, 1.82) is 0 Å². The molecule has 3 rings (SSSR count). The van der Waals surface area contributed by atoms with Gasteiger partial charge in [-0.2, -0.15) is 0 Å². The Morgan fingerprint density at radius 1 is 1.25 bits per heavy atom. The van der Waals surface area contributed by atoms with Crippen LogP contribution in [0.1, 0.15) is 31.2 Å². The third kappa shape index (κ3) is 1.94. The maximum atomic E-state index is 12.8. The first kappa shape index (κ1) is 13.0. The molecule has 1 saturated carbocycles. The first-order chi connectivity index (χ1) is 9.54. The quantitative estimate of drug-likeness (QED) is 0.815. The van der Waals surface area contributed by atoms with Crippen molar-refractivity contribution in [3.63, 3.8) is 0 Å². The number of carbonyl (C=O) groups excluding carboxylic acids is 1. The van der Waals surface area contributed by atoms with Crippen LogP contribution >= 0.6 is 0 Å². The van der Waals surface area contributed by atoms with Crippen LogP contribution in [0.25, 0.3) is 0 Å². The number of amides is 1. The predicted molar refractivity (Wildman–Crippen MR) is 74.1 cm³/mol. The molecule has 1 aromatic rings. The van der Waals surface area contributed by atoms with Crippen molar-refractivity contribution < 1.29 is 14.7 Å². The summed E-state index contributed by atoms with van der Waals surface area (Å²) < 4.78 is 0. The fraction of sp³-hybridized carbons (Fsp3) is 0.467. The molecule has 1 saturated heterocycles. The zero-order valence-corrected chi connectivity index (χ0v) is 11.2. The van der Waals surface area contributed by atoms with E-state index in [9.17, 15) is 14.7 Å². The summed E-state index contributed by atoms with van der Waals surface area (Å²) in [5.74, 6) is -0.934. The largest absolute Gasteiger partial charge is 0.480 e. The van der Waals surface area contributed by atoms with Crippen LogP contribution < -0.4 is 5.73 Å². The lowest BCUT2D eigenvalue weighted by molar-refractivity contribution is -0.149. The second-order valence-electron chi connectivity index (χ2n) is 5.70. The van der Waals surface area contributed by atoms with E-state index in [-0.39, 0.29) is 5.91 Å². The lowest BCUT2D eigenvalue weighted by atomic mass is 9.93. The van der Waals surface area contributed by atoms with Gasteiger partial charge in [-0.1, -0.05) is 12.1 Å². The second kappa shape index (κ2) is 4.51. The van der Waals surface area contributed by atoms with Gasteiger partial charge in [0, 0.05) is 12.2 Å². The summed E-state index contributed by atoms with van der Waals surface area (Å²) in [6.07, 6.45) is 2.90. The summed E-state index contributed by atoms with van der Waals surface area (Å²) in [5.41, 5.74) is 6.79. The molecule has 1 heterocycles. The van der Waals surface area contributed by atoms with E-state index in [0.29, 0.717) is 18.7 Å². The average Bonchev–Trinajstić information content (AvgIpc) is 3.08. The molecule has 5 heteroatoms. The molecule has 0 aromatic heterocycles. The highest BCUT2D eigenvalue weighted by atomic mass is 16.4. The van der Waals surface area contributed by atoms with Gasteiger partial charge in [0.05, 0.1) is 5.41 Å². The molecule has 1 aromatic carbocycles. The molecule has 0 bridgehead atoms. The maximum Gasteiger partial charge on any atom is 0.326 e. The number of nitrogens with zero attached hydrogens (tertiary/aromatic N) is 1. The molecule has 2 fully saturated rings. The number of benzene rings is 1. The van der Waals surface area contributed by atoms with Gasteiger partial charge in [-0.15, -0.1) is 0 Å². The van der Waals surface area contributed by atoms with Gasteiger partial charge in [-0.25, -0.2) is 4.79 Å². The summed E-state index contributed by atoms with van der Waals surface area (Å²) in [6, 6.07) is 6.69. The molecular formula is C15H18N2O3. The third-order valence-corrected chi connectivity index (χ3v) is 4.42. The van der Waals surface area contributed by atoms with Crippen molar-refractivity contribution in [1.82, 2.24) is 4.90 Å². The third-order valence-electron chi connectivity index (χ3n) is 4.42. The summed E-state index contributed by atoms with van der Waals surface area (Å²) in [6.45, 7) is 0.548. The molecule has 2 aliphatic rings. The van der Waals surface area contributed by atoms with Crippen LogP contribution in [0.4, 0.5) is 5.69 Å². The Balaban J connectivity index is 1.86. The number of hydrogen-bond acceptors (Lipinski definition) is 3. The van der Waals surface area contributed by atoms with Crippen LogP contribution in [-0.2, 0) is 15.0 Å². The molecule has 0 radical (unpaired) electrons. The highest BCUT2D eigenvalue weighted by Gasteiger charge is 2.55. The Kier molecular flexibility index (Phi) is 2.92. The van der Waals surface area contributed by atoms with E-state index in [0.717, 1.165) is 24.8 Å². The zero-order chi connectivity index (χ0) is 14.3. The number of carboxylic acids is 1. The van der Waals surface area contributed by atoms with Gasteiger partial charge in [0.15, 0.2) is 0 Å². The number of nitrogen functional groups attached to an aromatic ring is 1. The van der Waals surface area contributed by atoms with Crippen molar-refractivity contribution in [2.75, 3.05) is 12.3 Å². The molecule has 3 N–H and O–H groups in total. The smallest absolute Gasteiger partial charge is 0.326 e. The monoisotopic (exact) mass is 274 g/mol. The van der Waals surface area contributed by atoms with Crippen LogP contribution in [0, 0.1) is 0 Å². The fourth-order valence-electron chi connectivity index (χ4n) is 3.09. The molecule has 5 nitrogen and oxygen atoms in total. The first-order valence-electron chi connectivity index (χ1n) is 6.94. The molecule has 0 spiro atoms. The van der Waals surface area contributed by atoms with Crippen molar-refractivity contribution >= 4 is 17.6 Å². The highest BCUT2D eigenvalue weighted by Crippen LogP contribution is 2.50. The molecule has 1 aliphatic carbocycles. The van der Waals surface area contributed by atoms with Gasteiger partial charge in [-0.3, -0.25) is 4.79 Å². The van der Waals surface area contributed by atoms with Crippen LogP contribution in [-0.4, -0.2) is 34.5 Å². The predicted octanol–water partition coefficient (Wildman–Crippen LogP) is 1.38. The lowest BCUT2D eigenvalue weighted by Gasteiger charge is -2.27. The number of hydrogen-bond donors (Lipinski definition) is 2. The van der Waals surface area contributed by atoms with Crippen LogP contribution in [0.2, 0.25) is 0 Å². The van der Waals surface area contributed by atoms with Gasteiger partial charge in [0.2, 0.25) is 5.91 Å². The SMILES string of the molecule is Nc1ccc(C2(C(=O)N3CCC[C@@H]3C(=O)O)CC2)cc1. The number of likely N-dealkylation sites (tertiary alicyclic amines) is 1. The van der Waals surface area contributed by atoms with E-state index < -0.39 is 17.4 Å². The number of rotatable bonds is 3. The van der Waals surface area contributed by atoms with Gasteiger partial charge in [-0.05, 0) is 43.4 Å².